The zero-order valence-electron chi connectivity index (χ0n) is 18.6. The van der Waals surface area contributed by atoms with Crippen LogP contribution in [0.15, 0.2) is 58.3 Å². The summed E-state index contributed by atoms with van der Waals surface area (Å²) in [6.07, 6.45) is 0.792. The number of anilines is 1. The first-order valence-corrected chi connectivity index (χ1v) is 14.0. The van der Waals surface area contributed by atoms with E-state index in [1.54, 1.807) is 26.0 Å². The lowest BCUT2D eigenvalue weighted by molar-refractivity contribution is -0.120. The zero-order valence-corrected chi connectivity index (χ0v) is 21.0. The van der Waals surface area contributed by atoms with Gasteiger partial charge in [-0.05, 0) is 61.4 Å². The number of hydrogen-bond donors (Lipinski definition) is 1. The van der Waals surface area contributed by atoms with Gasteiger partial charge in [-0.25, -0.2) is 16.8 Å². The SMILES string of the molecule is CCN(CC)S(=O)(=O)c1ccc(NC(=O)C2CCN(S(=O)(=O)c3ccc(Cl)cc3)CC2)cc1. The fourth-order valence-electron chi connectivity index (χ4n) is 3.78. The number of halogens is 1. The molecule has 2 aromatic rings. The monoisotopic (exact) mass is 513 g/mol. The van der Waals surface area contributed by atoms with E-state index in [9.17, 15) is 21.6 Å². The van der Waals surface area contributed by atoms with Gasteiger partial charge in [-0.2, -0.15) is 8.61 Å². The Labute approximate surface area is 200 Å². The van der Waals surface area contributed by atoms with Crippen LogP contribution in [0.3, 0.4) is 0 Å². The number of benzene rings is 2. The Balaban J connectivity index is 1.60. The maximum absolute atomic E-state index is 12.8. The van der Waals surface area contributed by atoms with Gasteiger partial charge in [-0.1, -0.05) is 25.4 Å². The second-order valence-electron chi connectivity index (χ2n) is 7.74. The van der Waals surface area contributed by atoms with Gasteiger partial charge in [0.15, 0.2) is 0 Å². The molecule has 1 amide bonds. The topological polar surface area (TPSA) is 104 Å². The largest absolute Gasteiger partial charge is 0.326 e. The molecule has 1 saturated heterocycles. The van der Waals surface area contributed by atoms with Crippen molar-refractivity contribution in [3.8, 4) is 0 Å². The van der Waals surface area contributed by atoms with Crippen LogP contribution in [0.25, 0.3) is 0 Å². The Bertz CT molecular complexity index is 1170. The third kappa shape index (κ3) is 5.75. The molecule has 0 radical (unpaired) electrons. The van der Waals surface area contributed by atoms with Crippen molar-refractivity contribution in [1.82, 2.24) is 8.61 Å². The summed E-state index contributed by atoms with van der Waals surface area (Å²) in [6.45, 7) is 4.80. The highest BCUT2D eigenvalue weighted by Gasteiger charge is 2.32. The van der Waals surface area contributed by atoms with Gasteiger partial charge in [-0.15, -0.1) is 0 Å². The molecule has 3 rings (SSSR count). The number of sulfonamides is 2. The number of carbonyl (C=O) groups is 1. The van der Waals surface area contributed by atoms with Gasteiger partial charge in [0.1, 0.15) is 0 Å². The number of piperidine rings is 1. The van der Waals surface area contributed by atoms with Crippen molar-refractivity contribution >= 4 is 43.2 Å². The molecule has 0 spiro atoms. The number of nitrogens with one attached hydrogen (secondary N) is 1. The van der Waals surface area contributed by atoms with Gasteiger partial charge in [-0.3, -0.25) is 4.79 Å². The van der Waals surface area contributed by atoms with Gasteiger partial charge < -0.3 is 5.32 Å². The molecular weight excluding hydrogens is 486 g/mol. The van der Waals surface area contributed by atoms with Crippen LogP contribution < -0.4 is 5.32 Å². The average Bonchev–Trinajstić information content (AvgIpc) is 2.80. The predicted molar refractivity (Wildman–Crippen MR) is 128 cm³/mol. The first-order chi connectivity index (χ1) is 15.6. The van der Waals surface area contributed by atoms with E-state index in [0.717, 1.165) is 0 Å². The fourth-order valence-corrected chi connectivity index (χ4v) is 6.83. The highest BCUT2D eigenvalue weighted by molar-refractivity contribution is 7.89. The Hall–Kier alpha value is -1.98. The lowest BCUT2D eigenvalue weighted by Gasteiger charge is -2.30. The van der Waals surface area contributed by atoms with Gasteiger partial charge >= 0.3 is 0 Å². The molecule has 11 heteroatoms. The second-order valence-corrected chi connectivity index (χ2v) is 12.0. The molecule has 0 saturated carbocycles. The third-order valence-electron chi connectivity index (χ3n) is 5.74. The van der Waals surface area contributed by atoms with Crippen molar-refractivity contribution < 1.29 is 21.6 Å². The normalized spacial score (nSPS) is 16.1. The van der Waals surface area contributed by atoms with E-state index in [0.29, 0.717) is 36.6 Å². The van der Waals surface area contributed by atoms with Crippen LogP contribution in [0.2, 0.25) is 5.02 Å². The summed E-state index contributed by atoms with van der Waals surface area (Å²) in [5.41, 5.74) is 0.495. The average molecular weight is 514 g/mol. The van der Waals surface area contributed by atoms with Crippen LogP contribution >= 0.6 is 11.6 Å². The number of amides is 1. The lowest BCUT2D eigenvalue weighted by atomic mass is 9.97. The number of carbonyl (C=O) groups excluding carboxylic acids is 1. The fraction of sp³-hybridized carbons (Fsp3) is 0.409. The number of rotatable bonds is 8. The van der Waals surface area contributed by atoms with Crippen LogP contribution in [0.4, 0.5) is 5.69 Å². The number of hydrogen-bond acceptors (Lipinski definition) is 5. The van der Waals surface area contributed by atoms with E-state index in [-0.39, 0.29) is 34.7 Å². The van der Waals surface area contributed by atoms with E-state index in [1.165, 1.54) is 45.0 Å². The summed E-state index contributed by atoms with van der Waals surface area (Å²) >= 11 is 5.84. The van der Waals surface area contributed by atoms with Crippen molar-refractivity contribution in [1.29, 1.82) is 0 Å². The Kier molecular flexibility index (Phi) is 8.17. The molecular formula is C22H28ClN3O5S2. The summed E-state index contributed by atoms with van der Waals surface area (Å²) in [7, 11) is -7.20. The summed E-state index contributed by atoms with van der Waals surface area (Å²) in [5.74, 6) is -0.543. The maximum Gasteiger partial charge on any atom is 0.243 e. The standard InChI is InChI=1S/C22H28ClN3O5S2/c1-3-25(4-2)32(28,29)21-11-7-19(8-12-21)24-22(27)17-13-15-26(16-14-17)33(30,31)20-9-5-18(23)6-10-20/h5-12,17H,3-4,13-16H2,1-2H3,(H,24,27). The van der Waals surface area contributed by atoms with Crippen LogP contribution in [-0.2, 0) is 24.8 Å². The molecule has 0 aromatic heterocycles. The molecule has 8 nitrogen and oxygen atoms in total. The zero-order chi connectivity index (χ0) is 24.2. The van der Waals surface area contributed by atoms with Crippen molar-refractivity contribution in [3.63, 3.8) is 0 Å². The summed E-state index contributed by atoms with van der Waals surface area (Å²) < 4.78 is 53.5. The minimum Gasteiger partial charge on any atom is -0.326 e. The summed E-state index contributed by atoms with van der Waals surface area (Å²) in [5, 5.41) is 3.27. The van der Waals surface area contributed by atoms with Gasteiger partial charge in [0, 0.05) is 42.8 Å². The minimum absolute atomic E-state index is 0.171. The highest BCUT2D eigenvalue weighted by atomic mass is 35.5. The Morgan fingerprint density at radius 3 is 1.97 bits per heavy atom. The maximum atomic E-state index is 12.8. The van der Waals surface area contributed by atoms with E-state index in [4.69, 9.17) is 11.6 Å². The molecule has 2 aromatic carbocycles. The van der Waals surface area contributed by atoms with Crippen LogP contribution in [0, 0.1) is 5.92 Å². The molecule has 1 heterocycles. The van der Waals surface area contributed by atoms with Gasteiger partial charge in [0.2, 0.25) is 26.0 Å². The van der Waals surface area contributed by atoms with E-state index >= 15 is 0 Å². The first-order valence-electron chi connectivity index (χ1n) is 10.8. The Morgan fingerprint density at radius 2 is 1.45 bits per heavy atom. The molecule has 1 fully saturated rings. The summed E-state index contributed by atoms with van der Waals surface area (Å²) in [6, 6.07) is 12.1. The predicted octanol–water partition coefficient (Wildman–Crippen LogP) is 3.41. The second kappa shape index (κ2) is 10.5. The highest BCUT2D eigenvalue weighted by Crippen LogP contribution is 2.26. The van der Waals surface area contributed by atoms with Crippen molar-refractivity contribution in [2.24, 2.45) is 5.92 Å². The van der Waals surface area contributed by atoms with Crippen LogP contribution in [-0.4, -0.2) is 57.5 Å². The molecule has 180 valence electrons. The molecule has 1 aliphatic rings. The molecule has 0 unspecified atom stereocenters. The number of nitrogens with zero attached hydrogens (tertiary/aromatic N) is 2. The quantitative estimate of drug-likeness (QED) is 0.582. The first kappa shape index (κ1) is 25.6. The van der Waals surface area contributed by atoms with Crippen molar-refractivity contribution in [3.05, 3.63) is 53.6 Å². The molecule has 0 aliphatic carbocycles. The van der Waals surface area contributed by atoms with E-state index in [2.05, 4.69) is 5.32 Å². The van der Waals surface area contributed by atoms with Crippen molar-refractivity contribution in [2.75, 3.05) is 31.5 Å². The van der Waals surface area contributed by atoms with Gasteiger partial charge in [0.05, 0.1) is 9.79 Å². The minimum atomic E-state index is -3.64. The lowest BCUT2D eigenvalue weighted by Crippen LogP contribution is -2.41. The summed E-state index contributed by atoms with van der Waals surface area (Å²) in [4.78, 5) is 13.0. The van der Waals surface area contributed by atoms with Crippen LogP contribution in [0.1, 0.15) is 26.7 Å². The third-order valence-corrected chi connectivity index (χ3v) is 9.97. The van der Waals surface area contributed by atoms with Gasteiger partial charge in [0.25, 0.3) is 0 Å². The molecule has 0 atom stereocenters. The van der Waals surface area contributed by atoms with E-state index < -0.39 is 20.0 Å². The smallest absolute Gasteiger partial charge is 0.243 e. The molecule has 1 aliphatic heterocycles. The molecule has 1 N–H and O–H groups in total. The van der Waals surface area contributed by atoms with Crippen molar-refractivity contribution in [2.45, 2.75) is 36.5 Å². The Morgan fingerprint density at radius 1 is 0.939 bits per heavy atom. The molecule has 33 heavy (non-hydrogen) atoms. The molecule has 0 bridgehead atoms. The van der Waals surface area contributed by atoms with Crippen LogP contribution in [0.5, 0.6) is 0 Å². The van der Waals surface area contributed by atoms with E-state index in [1.807, 2.05) is 0 Å².